The number of rotatable bonds is 10. The molecule has 1 aromatic heterocycles. The zero-order valence-corrected chi connectivity index (χ0v) is 16.4. The molecule has 1 heterocycles. The minimum absolute atomic E-state index is 0.134. The number of hydrogen-bond acceptors (Lipinski definition) is 8. The lowest BCUT2D eigenvalue weighted by Gasteiger charge is -2.04. The minimum atomic E-state index is -0.383. The molecule has 0 aliphatic carbocycles. The molecule has 2 rings (SSSR count). The van der Waals surface area contributed by atoms with Crippen LogP contribution >= 0.6 is 23.1 Å². The lowest BCUT2D eigenvalue weighted by molar-refractivity contribution is -0.137. The van der Waals surface area contributed by atoms with Crippen LogP contribution in [-0.4, -0.2) is 41.0 Å². The molecule has 27 heavy (non-hydrogen) atoms. The highest BCUT2D eigenvalue weighted by atomic mass is 32.2. The number of anilines is 2. The zero-order chi connectivity index (χ0) is 19.5. The summed E-state index contributed by atoms with van der Waals surface area (Å²) >= 11 is 2.72. The molecule has 0 radical (unpaired) electrons. The average Bonchev–Trinajstić information content (AvgIpc) is 3.12. The van der Waals surface area contributed by atoms with Crippen LogP contribution in [0.4, 0.5) is 10.8 Å². The molecule has 0 saturated heterocycles. The van der Waals surface area contributed by atoms with E-state index in [9.17, 15) is 9.59 Å². The Morgan fingerprint density at radius 2 is 2.07 bits per heavy atom. The number of hydrogen-bond donors (Lipinski definition) is 2. The molecular weight excluding hydrogens is 384 g/mol. The first-order chi connectivity index (χ1) is 13.1. The highest BCUT2D eigenvalue weighted by molar-refractivity contribution is 8.01. The molecule has 0 atom stereocenters. The number of carbonyl (C=O) groups is 2. The third-order valence-electron chi connectivity index (χ3n) is 3.02. The molecule has 1 amide bonds. The van der Waals surface area contributed by atoms with Crippen LogP contribution in [0.1, 0.15) is 12.5 Å². The second-order valence-corrected chi connectivity index (χ2v) is 7.29. The number of carbonyl (C=O) groups excluding carboxylic acids is 2. The number of benzene rings is 1. The zero-order valence-electron chi connectivity index (χ0n) is 14.8. The van der Waals surface area contributed by atoms with Gasteiger partial charge in [-0.2, -0.15) is 0 Å². The fourth-order valence-electron chi connectivity index (χ4n) is 1.86. The van der Waals surface area contributed by atoms with Crippen LogP contribution in [0, 0.1) is 0 Å². The van der Waals surface area contributed by atoms with Gasteiger partial charge < -0.3 is 15.4 Å². The molecule has 0 fully saturated rings. The SMILES string of the molecule is C=CCNc1nnc(SCC(=O)Nc2ccc(/C=C/C(=O)OCC)cc2)s1. The molecule has 2 N–H and O–H groups in total. The number of thioether (sulfide) groups is 1. The molecule has 0 aliphatic rings. The molecule has 0 spiro atoms. The predicted octanol–water partition coefficient (Wildman–Crippen LogP) is 3.44. The highest BCUT2D eigenvalue weighted by Gasteiger charge is 2.08. The fourth-order valence-corrected chi connectivity index (χ4v) is 3.41. The second-order valence-electron chi connectivity index (χ2n) is 5.09. The van der Waals surface area contributed by atoms with E-state index in [1.54, 1.807) is 43.3 Å². The van der Waals surface area contributed by atoms with E-state index in [-0.39, 0.29) is 17.6 Å². The number of aromatic nitrogens is 2. The van der Waals surface area contributed by atoms with Crippen molar-refractivity contribution < 1.29 is 14.3 Å². The highest BCUT2D eigenvalue weighted by Crippen LogP contribution is 2.25. The summed E-state index contributed by atoms with van der Waals surface area (Å²) in [6.07, 6.45) is 4.76. The summed E-state index contributed by atoms with van der Waals surface area (Å²) in [5.41, 5.74) is 1.52. The van der Waals surface area contributed by atoms with Crippen LogP contribution < -0.4 is 10.6 Å². The van der Waals surface area contributed by atoms with Gasteiger partial charge in [0.15, 0.2) is 4.34 Å². The number of amides is 1. The van der Waals surface area contributed by atoms with E-state index in [2.05, 4.69) is 27.4 Å². The normalized spacial score (nSPS) is 10.6. The van der Waals surface area contributed by atoms with Gasteiger partial charge in [0.2, 0.25) is 11.0 Å². The number of nitrogens with zero attached hydrogens (tertiary/aromatic N) is 2. The maximum absolute atomic E-state index is 12.1. The van der Waals surface area contributed by atoms with Crippen LogP contribution in [0.15, 0.2) is 47.3 Å². The third kappa shape index (κ3) is 7.63. The summed E-state index contributed by atoms with van der Waals surface area (Å²) in [7, 11) is 0. The van der Waals surface area contributed by atoms with Crippen LogP contribution in [-0.2, 0) is 14.3 Å². The van der Waals surface area contributed by atoms with Gasteiger partial charge in [0.25, 0.3) is 0 Å². The van der Waals surface area contributed by atoms with E-state index in [0.29, 0.717) is 24.0 Å². The molecule has 7 nitrogen and oxygen atoms in total. The Hall–Kier alpha value is -2.65. The van der Waals surface area contributed by atoms with Gasteiger partial charge in [0.1, 0.15) is 0 Å². The van der Waals surface area contributed by atoms with Crippen molar-refractivity contribution in [1.82, 2.24) is 10.2 Å². The van der Waals surface area contributed by atoms with E-state index in [4.69, 9.17) is 4.74 Å². The van der Waals surface area contributed by atoms with E-state index in [0.717, 1.165) is 9.90 Å². The predicted molar refractivity (Wildman–Crippen MR) is 110 cm³/mol. The minimum Gasteiger partial charge on any atom is -0.463 e. The van der Waals surface area contributed by atoms with Crippen molar-refractivity contribution >= 4 is 51.9 Å². The van der Waals surface area contributed by atoms with Crippen LogP contribution in [0.5, 0.6) is 0 Å². The van der Waals surface area contributed by atoms with E-state index in [1.165, 1.54) is 29.2 Å². The number of esters is 1. The largest absolute Gasteiger partial charge is 0.463 e. The summed E-state index contributed by atoms with van der Waals surface area (Å²) in [5, 5.41) is 14.6. The van der Waals surface area contributed by atoms with Crippen molar-refractivity contribution in [1.29, 1.82) is 0 Å². The van der Waals surface area contributed by atoms with E-state index in [1.807, 2.05) is 0 Å². The van der Waals surface area contributed by atoms with Crippen LogP contribution in [0.3, 0.4) is 0 Å². The molecule has 0 bridgehead atoms. The Morgan fingerprint density at radius 1 is 1.30 bits per heavy atom. The lowest BCUT2D eigenvalue weighted by atomic mass is 10.2. The van der Waals surface area contributed by atoms with Gasteiger partial charge in [0.05, 0.1) is 12.4 Å². The van der Waals surface area contributed by atoms with Crippen molar-refractivity contribution in [2.45, 2.75) is 11.3 Å². The maximum Gasteiger partial charge on any atom is 0.330 e. The standard InChI is InChI=1S/C18H20N4O3S2/c1-3-11-19-17-21-22-18(27-17)26-12-15(23)20-14-8-5-13(6-9-14)7-10-16(24)25-4-2/h3,5-10H,1,4,11-12H2,2H3,(H,19,21)(H,20,23)/b10-7+. The van der Waals surface area contributed by atoms with Gasteiger partial charge in [-0.1, -0.05) is 41.3 Å². The van der Waals surface area contributed by atoms with Gasteiger partial charge in [-0.25, -0.2) is 4.79 Å². The first-order valence-corrected chi connectivity index (χ1v) is 9.96. The van der Waals surface area contributed by atoms with Gasteiger partial charge in [-0.3, -0.25) is 4.79 Å². The lowest BCUT2D eigenvalue weighted by Crippen LogP contribution is -2.13. The van der Waals surface area contributed by atoms with Crippen molar-refractivity contribution in [2.24, 2.45) is 0 Å². The Bertz CT molecular complexity index is 803. The second kappa shape index (κ2) is 11.1. The molecule has 2 aromatic rings. The summed E-state index contributed by atoms with van der Waals surface area (Å²) in [5.74, 6) is -0.280. The first-order valence-electron chi connectivity index (χ1n) is 8.16. The van der Waals surface area contributed by atoms with Crippen LogP contribution in [0.2, 0.25) is 0 Å². The van der Waals surface area contributed by atoms with Crippen molar-refractivity contribution in [2.75, 3.05) is 29.5 Å². The fraction of sp³-hybridized carbons (Fsp3) is 0.222. The molecule has 9 heteroatoms. The summed E-state index contributed by atoms with van der Waals surface area (Å²) in [6.45, 7) is 6.34. The summed E-state index contributed by atoms with van der Waals surface area (Å²) < 4.78 is 5.54. The number of nitrogens with one attached hydrogen (secondary N) is 2. The molecule has 1 aromatic carbocycles. The van der Waals surface area contributed by atoms with Gasteiger partial charge in [-0.05, 0) is 30.7 Å². The van der Waals surface area contributed by atoms with Crippen molar-refractivity contribution in [3.63, 3.8) is 0 Å². The Balaban J connectivity index is 1.79. The monoisotopic (exact) mass is 404 g/mol. The number of ether oxygens (including phenoxy) is 1. The summed E-state index contributed by atoms with van der Waals surface area (Å²) in [6, 6.07) is 7.16. The molecule has 0 aliphatic heterocycles. The topological polar surface area (TPSA) is 93.2 Å². The van der Waals surface area contributed by atoms with Gasteiger partial charge in [0, 0.05) is 18.3 Å². The maximum atomic E-state index is 12.1. The smallest absolute Gasteiger partial charge is 0.330 e. The molecule has 142 valence electrons. The average molecular weight is 405 g/mol. The van der Waals surface area contributed by atoms with Crippen LogP contribution in [0.25, 0.3) is 6.08 Å². The van der Waals surface area contributed by atoms with E-state index < -0.39 is 0 Å². The van der Waals surface area contributed by atoms with Gasteiger partial charge in [-0.15, -0.1) is 16.8 Å². The van der Waals surface area contributed by atoms with Gasteiger partial charge >= 0.3 is 5.97 Å². The molecule has 0 saturated carbocycles. The Kier molecular flexibility index (Phi) is 8.53. The Labute approximate surface area is 165 Å². The Morgan fingerprint density at radius 3 is 2.78 bits per heavy atom. The summed E-state index contributed by atoms with van der Waals surface area (Å²) in [4.78, 5) is 23.3. The quantitative estimate of drug-likeness (QED) is 0.271. The third-order valence-corrected chi connectivity index (χ3v) is 5.04. The van der Waals surface area contributed by atoms with E-state index >= 15 is 0 Å². The first kappa shape index (κ1) is 20.7. The van der Waals surface area contributed by atoms with Crippen molar-refractivity contribution in [3.8, 4) is 0 Å². The molecule has 0 unspecified atom stereocenters. The van der Waals surface area contributed by atoms with Crippen molar-refractivity contribution in [3.05, 3.63) is 48.6 Å². The molecular formula is C18H20N4O3S2.